The third-order valence-electron chi connectivity index (χ3n) is 1.78. The van der Waals surface area contributed by atoms with Crippen LogP contribution < -0.4 is 0 Å². The molecule has 0 aromatic heterocycles. The molecular weight excluding hydrogens is 238 g/mol. The van der Waals surface area contributed by atoms with Crippen LogP contribution in [0.15, 0.2) is 34.8 Å². The van der Waals surface area contributed by atoms with Gasteiger partial charge in [-0.25, -0.2) is 0 Å². The molecule has 1 rings (SSSR count). The Morgan fingerprint density at radius 2 is 1.93 bits per heavy atom. The molecule has 0 spiro atoms. The van der Waals surface area contributed by atoms with Crippen molar-refractivity contribution in [2.75, 3.05) is 0 Å². The van der Waals surface area contributed by atoms with Crippen molar-refractivity contribution in [3.05, 3.63) is 40.4 Å². The summed E-state index contributed by atoms with van der Waals surface area (Å²) >= 11 is 3.36. The van der Waals surface area contributed by atoms with Crippen LogP contribution in [-0.4, -0.2) is 0 Å². The van der Waals surface area contributed by atoms with Crippen LogP contribution in [0.25, 0.3) is 5.57 Å². The van der Waals surface area contributed by atoms with Crippen molar-refractivity contribution in [1.82, 2.24) is 0 Å². The van der Waals surface area contributed by atoms with Crippen LogP contribution in [0.1, 0.15) is 19.4 Å². The van der Waals surface area contributed by atoms with Gasteiger partial charge in [-0.2, -0.15) is 5.26 Å². The molecule has 0 radical (unpaired) electrons. The Kier molecular flexibility index (Phi) is 3.91. The molecule has 14 heavy (non-hydrogen) atoms. The molecular formula is C12H12BrN. The Bertz CT molecular complexity index is 368. The fraction of sp³-hybridized carbons (Fsp3) is 0.250. The number of nitrogens with zero attached hydrogens (tertiary/aromatic N) is 1. The van der Waals surface area contributed by atoms with Gasteiger partial charge in [0, 0.05) is 4.47 Å². The lowest BCUT2D eigenvalue weighted by Crippen LogP contribution is -1.85. The molecule has 0 unspecified atom stereocenters. The van der Waals surface area contributed by atoms with Crippen LogP contribution in [0.5, 0.6) is 0 Å². The fourth-order valence-corrected chi connectivity index (χ4v) is 1.43. The number of nitriles is 1. The average Bonchev–Trinajstić information content (AvgIpc) is 2.15. The summed E-state index contributed by atoms with van der Waals surface area (Å²) in [5.74, 6) is 0.397. The van der Waals surface area contributed by atoms with Gasteiger partial charge >= 0.3 is 0 Å². The van der Waals surface area contributed by atoms with Gasteiger partial charge in [-0.3, -0.25) is 0 Å². The van der Waals surface area contributed by atoms with E-state index in [0.717, 1.165) is 15.6 Å². The van der Waals surface area contributed by atoms with E-state index in [9.17, 15) is 0 Å². The van der Waals surface area contributed by atoms with Crippen molar-refractivity contribution in [1.29, 1.82) is 5.26 Å². The molecule has 0 amide bonds. The fourth-order valence-electron chi connectivity index (χ4n) is 1.16. The maximum atomic E-state index is 8.97. The van der Waals surface area contributed by atoms with Crippen molar-refractivity contribution in [2.24, 2.45) is 5.92 Å². The highest BCUT2D eigenvalue weighted by atomic mass is 79.9. The van der Waals surface area contributed by atoms with E-state index in [1.807, 2.05) is 30.3 Å². The molecule has 0 heterocycles. The minimum atomic E-state index is 0.397. The van der Waals surface area contributed by atoms with Crippen LogP contribution in [0, 0.1) is 17.2 Å². The number of hydrogen-bond acceptors (Lipinski definition) is 1. The Labute approximate surface area is 93.2 Å². The van der Waals surface area contributed by atoms with Gasteiger partial charge in [-0.05, 0) is 23.6 Å². The molecule has 0 saturated carbocycles. The quantitative estimate of drug-likeness (QED) is 0.727. The first-order chi connectivity index (χ1) is 6.63. The summed E-state index contributed by atoms with van der Waals surface area (Å²) in [6.07, 6.45) is 1.98. The smallest absolute Gasteiger partial charge is 0.0994 e. The van der Waals surface area contributed by atoms with E-state index in [0.29, 0.717) is 5.92 Å². The van der Waals surface area contributed by atoms with Crippen LogP contribution >= 0.6 is 15.9 Å². The molecule has 0 saturated heterocycles. The van der Waals surface area contributed by atoms with E-state index in [-0.39, 0.29) is 0 Å². The molecule has 72 valence electrons. The normalized spacial score (nSPS) is 11.5. The Morgan fingerprint density at radius 3 is 2.36 bits per heavy atom. The van der Waals surface area contributed by atoms with Gasteiger partial charge < -0.3 is 0 Å². The average molecular weight is 250 g/mol. The Morgan fingerprint density at radius 1 is 1.36 bits per heavy atom. The standard InChI is InChI=1S/C12H12BrN/c1-9(2)7-11(8-14)10-3-5-12(13)6-4-10/h3-7,9H,1-2H3/b11-7+. The summed E-state index contributed by atoms with van der Waals surface area (Å²) in [6.45, 7) is 4.13. The minimum absolute atomic E-state index is 0.397. The summed E-state index contributed by atoms with van der Waals surface area (Å²) in [5.41, 5.74) is 1.72. The summed E-state index contributed by atoms with van der Waals surface area (Å²) < 4.78 is 1.03. The van der Waals surface area contributed by atoms with E-state index in [1.54, 1.807) is 0 Å². The predicted octanol–water partition coefficient (Wildman–Crippen LogP) is 4.01. The molecule has 0 N–H and O–H groups in total. The van der Waals surface area contributed by atoms with E-state index >= 15 is 0 Å². The zero-order valence-corrected chi connectivity index (χ0v) is 9.88. The summed E-state index contributed by atoms with van der Waals surface area (Å²) in [7, 11) is 0. The van der Waals surface area contributed by atoms with Gasteiger partial charge in [-0.1, -0.05) is 48.0 Å². The second-order valence-corrected chi connectivity index (χ2v) is 4.36. The summed E-state index contributed by atoms with van der Waals surface area (Å²) in [6, 6.07) is 10.00. The number of rotatable bonds is 2. The first-order valence-electron chi connectivity index (χ1n) is 4.51. The molecule has 0 bridgehead atoms. The van der Waals surface area contributed by atoms with E-state index in [2.05, 4.69) is 35.8 Å². The van der Waals surface area contributed by atoms with Gasteiger partial charge in [0.25, 0.3) is 0 Å². The third kappa shape index (κ3) is 3.01. The molecule has 1 nitrogen and oxygen atoms in total. The van der Waals surface area contributed by atoms with Gasteiger partial charge in [0.1, 0.15) is 0 Å². The van der Waals surface area contributed by atoms with E-state index < -0.39 is 0 Å². The van der Waals surface area contributed by atoms with Crippen molar-refractivity contribution in [2.45, 2.75) is 13.8 Å². The van der Waals surface area contributed by atoms with E-state index in [4.69, 9.17) is 5.26 Å². The van der Waals surface area contributed by atoms with Crippen molar-refractivity contribution in [3.8, 4) is 6.07 Å². The Hall–Kier alpha value is -1.07. The van der Waals surface area contributed by atoms with Crippen molar-refractivity contribution < 1.29 is 0 Å². The van der Waals surface area contributed by atoms with Crippen molar-refractivity contribution >= 4 is 21.5 Å². The SMILES string of the molecule is CC(C)/C=C(\C#N)c1ccc(Br)cc1. The van der Waals surface area contributed by atoms with Gasteiger partial charge in [0.2, 0.25) is 0 Å². The minimum Gasteiger partial charge on any atom is -0.192 e. The summed E-state index contributed by atoms with van der Waals surface area (Å²) in [5, 5.41) is 8.97. The van der Waals surface area contributed by atoms with Gasteiger partial charge in [0.15, 0.2) is 0 Å². The van der Waals surface area contributed by atoms with Crippen LogP contribution in [0.4, 0.5) is 0 Å². The van der Waals surface area contributed by atoms with E-state index in [1.165, 1.54) is 0 Å². The zero-order valence-electron chi connectivity index (χ0n) is 8.29. The van der Waals surface area contributed by atoms with Crippen LogP contribution in [-0.2, 0) is 0 Å². The van der Waals surface area contributed by atoms with Gasteiger partial charge in [-0.15, -0.1) is 0 Å². The maximum Gasteiger partial charge on any atom is 0.0994 e. The molecule has 0 aliphatic rings. The lowest BCUT2D eigenvalue weighted by atomic mass is 10.0. The largest absolute Gasteiger partial charge is 0.192 e. The molecule has 0 fully saturated rings. The topological polar surface area (TPSA) is 23.8 Å². The summed E-state index contributed by atoms with van der Waals surface area (Å²) in [4.78, 5) is 0. The molecule has 2 heteroatoms. The molecule has 1 aromatic carbocycles. The monoisotopic (exact) mass is 249 g/mol. The molecule has 0 aliphatic carbocycles. The first-order valence-corrected chi connectivity index (χ1v) is 5.30. The zero-order chi connectivity index (χ0) is 10.6. The third-order valence-corrected chi connectivity index (χ3v) is 2.30. The lowest BCUT2D eigenvalue weighted by Gasteiger charge is -2.01. The highest BCUT2D eigenvalue weighted by Gasteiger charge is 2.00. The number of allylic oxidation sites excluding steroid dienone is 2. The molecule has 0 atom stereocenters. The number of benzene rings is 1. The lowest BCUT2D eigenvalue weighted by molar-refractivity contribution is 0.834. The highest BCUT2D eigenvalue weighted by molar-refractivity contribution is 9.10. The Balaban J connectivity index is 3.03. The van der Waals surface area contributed by atoms with Crippen molar-refractivity contribution in [3.63, 3.8) is 0 Å². The molecule has 0 aliphatic heterocycles. The second kappa shape index (κ2) is 4.97. The highest BCUT2D eigenvalue weighted by Crippen LogP contribution is 2.18. The molecule has 1 aromatic rings. The number of halogens is 1. The van der Waals surface area contributed by atoms with Crippen LogP contribution in [0.2, 0.25) is 0 Å². The number of hydrogen-bond donors (Lipinski definition) is 0. The second-order valence-electron chi connectivity index (χ2n) is 3.44. The van der Waals surface area contributed by atoms with Crippen LogP contribution in [0.3, 0.4) is 0 Å². The predicted molar refractivity (Wildman–Crippen MR) is 62.6 cm³/mol. The maximum absolute atomic E-state index is 8.97. The first kappa shape index (κ1) is 11.0. The van der Waals surface area contributed by atoms with Gasteiger partial charge in [0.05, 0.1) is 11.6 Å².